The molecule has 1 fully saturated rings. The van der Waals surface area contributed by atoms with Crippen LogP contribution in [-0.2, 0) is 20.9 Å². The highest BCUT2D eigenvalue weighted by Crippen LogP contribution is 2.13. The maximum absolute atomic E-state index is 12.0. The Kier molecular flexibility index (Phi) is 5.36. The van der Waals surface area contributed by atoms with E-state index in [0.29, 0.717) is 26.4 Å². The predicted molar refractivity (Wildman–Crippen MR) is 72.7 cm³/mol. The summed E-state index contributed by atoms with van der Waals surface area (Å²) in [7, 11) is 1.80. The summed E-state index contributed by atoms with van der Waals surface area (Å²) in [6.07, 6.45) is 1.59. The van der Waals surface area contributed by atoms with Crippen molar-refractivity contribution in [3.63, 3.8) is 0 Å². The SMILES string of the molecule is CN(CCOCc1ccccc1)C(=O)[C@H]1CCCO1. The highest BCUT2D eigenvalue weighted by Gasteiger charge is 2.25. The Bertz CT molecular complexity index is 388. The third-order valence-electron chi connectivity index (χ3n) is 3.26. The van der Waals surface area contributed by atoms with E-state index in [-0.39, 0.29) is 12.0 Å². The molecule has 0 bridgehead atoms. The lowest BCUT2D eigenvalue weighted by atomic mass is 10.2. The zero-order chi connectivity index (χ0) is 13.5. The number of carbonyl (C=O) groups is 1. The number of hydrogen-bond acceptors (Lipinski definition) is 3. The Morgan fingerprint density at radius 1 is 1.42 bits per heavy atom. The molecule has 1 heterocycles. The van der Waals surface area contributed by atoms with E-state index in [1.165, 1.54) is 0 Å². The fourth-order valence-corrected chi connectivity index (χ4v) is 2.09. The number of amides is 1. The van der Waals surface area contributed by atoms with Crippen LogP contribution in [0.2, 0.25) is 0 Å². The molecule has 0 unspecified atom stereocenters. The topological polar surface area (TPSA) is 38.8 Å². The van der Waals surface area contributed by atoms with E-state index in [1.54, 1.807) is 11.9 Å². The molecule has 4 nitrogen and oxygen atoms in total. The van der Waals surface area contributed by atoms with Gasteiger partial charge in [0, 0.05) is 20.2 Å². The first-order chi connectivity index (χ1) is 9.27. The zero-order valence-corrected chi connectivity index (χ0v) is 11.4. The Labute approximate surface area is 114 Å². The van der Waals surface area contributed by atoms with Crippen molar-refractivity contribution in [3.05, 3.63) is 35.9 Å². The number of ether oxygens (including phenoxy) is 2. The van der Waals surface area contributed by atoms with E-state index < -0.39 is 0 Å². The summed E-state index contributed by atoms with van der Waals surface area (Å²) in [4.78, 5) is 13.7. The molecule has 1 saturated heterocycles. The third kappa shape index (κ3) is 4.33. The van der Waals surface area contributed by atoms with Crippen molar-refractivity contribution in [2.24, 2.45) is 0 Å². The van der Waals surface area contributed by atoms with E-state index in [4.69, 9.17) is 9.47 Å². The van der Waals surface area contributed by atoms with Crippen LogP contribution in [0.4, 0.5) is 0 Å². The summed E-state index contributed by atoms with van der Waals surface area (Å²) in [5.41, 5.74) is 1.15. The number of hydrogen-bond donors (Lipinski definition) is 0. The summed E-state index contributed by atoms with van der Waals surface area (Å²) in [5.74, 6) is 0.0702. The van der Waals surface area contributed by atoms with Gasteiger partial charge in [-0.1, -0.05) is 30.3 Å². The number of benzene rings is 1. The fraction of sp³-hybridized carbons (Fsp3) is 0.533. The van der Waals surface area contributed by atoms with Gasteiger partial charge >= 0.3 is 0 Å². The van der Waals surface area contributed by atoms with Gasteiger partial charge in [0.1, 0.15) is 6.10 Å². The number of nitrogens with zero attached hydrogens (tertiary/aromatic N) is 1. The van der Waals surface area contributed by atoms with Crippen molar-refractivity contribution in [2.75, 3.05) is 26.8 Å². The maximum Gasteiger partial charge on any atom is 0.251 e. The molecule has 1 aliphatic rings. The van der Waals surface area contributed by atoms with Crippen molar-refractivity contribution in [1.29, 1.82) is 0 Å². The van der Waals surface area contributed by atoms with Gasteiger partial charge in [0.2, 0.25) is 0 Å². The molecule has 1 aliphatic heterocycles. The van der Waals surface area contributed by atoms with Gasteiger partial charge in [-0.2, -0.15) is 0 Å². The molecule has 1 atom stereocenters. The van der Waals surface area contributed by atoms with Crippen LogP contribution in [0.15, 0.2) is 30.3 Å². The van der Waals surface area contributed by atoms with Gasteiger partial charge in [0.05, 0.1) is 13.2 Å². The monoisotopic (exact) mass is 263 g/mol. The molecule has 1 aromatic carbocycles. The Balaban J connectivity index is 1.63. The molecular formula is C15H21NO3. The molecule has 0 spiro atoms. The van der Waals surface area contributed by atoms with Gasteiger partial charge in [-0.25, -0.2) is 0 Å². The van der Waals surface area contributed by atoms with Crippen LogP contribution in [-0.4, -0.2) is 43.7 Å². The molecule has 0 saturated carbocycles. The van der Waals surface area contributed by atoms with Gasteiger partial charge in [0.15, 0.2) is 0 Å². The van der Waals surface area contributed by atoms with E-state index in [0.717, 1.165) is 18.4 Å². The summed E-state index contributed by atoms with van der Waals surface area (Å²) in [6.45, 7) is 2.44. The first-order valence-electron chi connectivity index (χ1n) is 6.75. The maximum atomic E-state index is 12.0. The zero-order valence-electron chi connectivity index (χ0n) is 11.4. The van der Waals surface area contributed by atoms with E-state index in [2.05, 4.69) is 0 Å². The molecule has 0 aliphatic carbocycles. The molecule has 0 N–H and O–H groups in total. The lowest BCUT2D eigenvalue weighted by Crippen LogP contribution is -2.37. The first kappa shape index (κ1) is 14.0. The van der Waals surface area contributed by atoms with Crippen molar-refractivity contribution in [3.8, 4) is 0 Å². The average Bonchev–Trinajstić information content (AvgIpc) is 2.98. The average molecular weight is 263 g/mol. The molecule has 1 amide bonds. The van der Waals surface area contributed by atoms with Crippen LogP contribution in [0.5, 0.6) is 0 Å². The summed E-state index contributed by atoms with van der Waals surface area (Å²) >= 11 is 0. The Morgan fingerprint density at radius 2 is 2.21 bits per heavy atom. The minimum atomic E-state index is -0.237. The van der Waals surface area contributed by atoms with Crippen molar-refractivity contribution >= 4 is 5.91 Å². The van der Waals surface area contributed by atoms with Gasteiger partial charge in [-0.3, -0.25) is 4.79 Å². The van der Waals surface area contributed by atoms with Crippen molar-refractivity contribution in [2.45, 2.75) is 25.6 Å². The molecule has 19 heavy (non-hydrogen) atoms. The van der Waals surface area contributed by atoms with Crippen LogP contribution in [0.3, 0.4) is 0 Å². The molecular weight excluding hydrogens is 242 g/mol. The van der Waals surface area contributed by atoms with Crippen LogP contribution >= 0.6 is 0 Å². The van der Waals surface area contributed by atoms with Gasteiger partial charge in [-0.15, -0.1) is 0 Å². The summed E-state index contributed by atoms with van der Waals surface area (Å²) < 4.78 is 10.9. The highest BCUT2D eigenvalue weighted by molar-refractivity contribution is 5.80. The molecule has 2 rings (SSSR count). The van der Waals surface area contributed by atoms with E-state index in [9.17, 15) is 4.79 Å². The van der Waals surface area contributed by atoms with E-state index in [1.807, 2.05) is 30.3 Å². The molecule has 4 heteroatoms. The van der Waals surface area contributed by atoms with Gasteiger partial charge < -0.3 is 14.4 Å². The lowest BCUT2D eigenvalue weighted by Gasteiger charge is -2.20. The number of carbonyl (C=O) groups excluding carboxylic acids is 1. The second-order valence-corrected chi connectivity index (χ2v) is 4.80. The normalized spacial score (nSPS) is 18.5. The van der Waals surface area contributed by atoms with Gasteiger partial charge in [-0.05, 0) is 18.4 Å². The van der Waals surface area contributed by atoms with Crippen molar-refractivity contribution < 1.29 is 14.3 Å². The minimum absolute atomic E-state index is 0.0702. The first-order valence-corrected chi connectivity index (χ1v) is 6.75. The lowest BCUT2D eigenvalue weighted by molar-refractivity contribution is -0.140. The second kappa shape index (κ2) is 7.26. The molecule has 1 aromatic rings. The Hall–Kier alpha value is -1.39. The predicted octanol–water partition coefficient (Wildman–Crippen LogP) is 1.84. The van der Waals surface area contributed by atoms with E-state index >= 15 is 0 Å². The minimum Gasteiger partial charge on any atom is -0.375 e. The largest absolute Gasteiger partial charge is 0.375 e. The summed E-state index contributed by atoms with van der Waals surface area (Å²) in [5, 5.41) is 0. The van der Waals surface area contributed by atoms with Gasteiger partial charge in [0.25, 0.3) is 5.91 Å². The van der Waals surface area contributed by atoms with Crippen LogP contribution < -0.4 is 0 Å². The second-order valence-electron chi connectivity index (χ2n) is 4.80. The summed E-state index contributed by atoms with van der Waals surface area (Å²) in [6, 6.07) is 10.0. The molecule has 0 aromatic heterocycles. The molecule has 104 valence electrons. The number of likely N-dealkylation sites (N-methyl/N-ethyl adjacent to an activating group) is 1. The Morgan fingerprint density at radius 3 is 2.89 bits per heavy atom. The molecule has 0 radical (unpaired) electrons. The van der Waals surface area contributed by atoms with Crippen molar-refractivity contribution in [1.82, 2.24) is 4.90 Å². The highest BCUT2D eigenvalue weighted by atomic mass is 16.5. The fourth-order valence-electron chi connectivity index (χ4n) is 2.09. The van der Waals surface area contributed by atoms with Crippen LogP contribution in [0.1, 0.15) is 18.4 Å². The van der Waals surface area contributed by atoms with Crippen LogP contribution in [0.25, 0.3) is 0 Å². The smallest absolute Gasteiger partial charge is 0.251 e. The quantitative estimate of drug-likeness (QED) is 0.735. The number of rotatable bonds is 6. The third-order valence-corrected chi connectivity index (χ3v) is 3.26. The van der Waals surface area contributed by atoms with Crippen LogP contribution in [0, 0.1) is 0 Å². The standard InChI is InChI=1S/C15H21NO3/c1-16(15(17)14-8-5-10-19-14)9-11-18-12-13-6-3-2-4-7-13/h2-4,6-7,14H,5,8-12H2,1H3/t14-/m1/s1.